The molecule has 2 N–H and O–H groups in total. The fourth-order valence-electron chi connectivity index (χ4n) is 2.20. The highest BCUT2D eigenvalue weighted by molar-refractivity contribution is 7.15. The van der Waals surface area contributed by atoms with E-state index in [-0.39, 0.29) is 18.7 Å². The van der Waals surface area contributed by atoms with Crippen molar-refractivity contribution < 1.29 is 14.7 Å². The summed E-state index contributed by atoms with van der Waals surface area (Å²) in [7, 11) is 0. The van der Waals surface area contributed by atoms with Crippen molar-refractivity contribution in [1.82, 2.24) is 10.2 Å². The Morgan fingerprint density at radius 1 is 1.21 bits per heavy atom. The molecule has 1 heterocycles. The van der Waals surface area contributed by atoms with Crippen LogP contribution >= 0.6 is 11.3 Å². The molecule has 1 amide bonds. The molecule has 0 radical (unpaired) electrons. The van der Waals surface area contributed by atoms with Crippen LogP contribution in [0, 0.1) is 0 Å². The standard InChI is InChI=1S/C12H17N3O3S/c16-9(6-7-10(17)18)13-12-15-14-11(19-12)8-4-2-1-3-5-8/h8H,1-7H2,(H,17,18)(H,13,15,16). The number of rotatable bonds is 5. The van der Waals surface area contributed by atoms with E-state index in [4.69, 9.17) is 5.11 Å². The van der Waals surface area contributed by atoms with Gasteiger partial charge in [-0.15, -0.1) is 10.2 Å². The van der Waals surface area contributed by atoms with Gasteiger partial charge in [0.15, 0.2) is 0 Å². The lowest BCUT2D eigenvalue weighted by Gasteiger charge is -2.18. The van der Waals surface area contributed by atoms with Gasteiger partial charge in [-0.2, -0.15) is 0 Å². The maximum Gasteiger partial charge on any atom is 0.303 e. The van der Waals surface area contributed by atoms with Crippen LogP contribution in [0.3, 0.4) is 0 Å². The van der Waals surface area contributed by atoms with Crippen LogP contribution in [0.2, 0.25) is 0 Å². The maximum atomic E-state index is 11.5. The van der Waals surface area contributed by atoms with Gasteiger partial charge in [-0.3, -0.25) is 9.59 Å². The largest absolute Gasteiger partial charge is 0.481 e. The first-order valence-electron chi connectivity index (χ1n) is 6.50. The second-order valence-electron chi connectivity index (χ2n) is 4.72. The molecule has 104 valence electrons. The Bertz CT molecular complexity index is 455. The van der Waals surface area contributed by atoms with E-state index in [0.29, 0.717) is 11.0 Å². The molecule has 6 nitrogen and oxygen atoms in total. The van der Waals surface area contributed by atoms with E-state index in [1.807, 2.05) is 0 Å². The van der Waals surface area contributed by atoms with Crippen LogP contribution in [-0.2, 0) is 9.59 Å². The Balaban J connectivity index is 1.86. The Morgan fingerprint density at radius 2 is 1.95 bits per heavy atom. The summed E-state index contributed by atoms with van der Waals surface area (Å²) < 4.78 is 0. The van der Waals surface area contributed by atoms with Crippen molar-refractivity contribution in [3.05, 3.63) is 5.01 Å². The van der Waals surface area contributed by atoms with Gasteiger partial charge in [-0.1, -0.05) is 30.6 Å². The lowest BCUT2D eigenvalue weighted by molar-refractivity contribution is -0.138. The van der Waals surface area contributed by atoms with E-state index in [1.165, 1.54) is 30.6 Å². The van der Waals surface area contributed by atoms with Crippen molar-refractivity contribution in [2.24, 2.45) is 0 Å². The second-order valence-corrected chi connectivity index (χ2v) is 5.73. The molecule has 0 unspecified atom stereocenters. The van der Waals surface area contributed by atoms with Crippen molar-refractivity contribution in [3.8, 4) is 0 Å². The molecule has 1 aromatic rings. The molecular formula is C12H17N3O3S. The van der Waals surface area contributed by atoms with Gasteiger partial charge in [-0.05, 0) is 12.8 Å². The van der Waals surface area contributed by atoms with Gasteiger partial charge in [0.1, 0.15) is 5.01 Å². The van der Waals surface area contributed by atoms with Gasteiger partial charge in [0.25, 0.3) is 0 Å². The SMILES string of the molecule is O=C(O)CCC(=O)Nc1nnc(C2CCCCC2)s1. The van der Waals surface area contributed by atoms with E-state index >= 15 is 0 Å². The number of aliphatic carboxylic acids is 1. The smallest absolute Gasteiger partial charge is 0.303 e. The minimum atomic E-state index is -0.977. The molecule has 1 fully saturated rings. The summed E-state index contributed by atoms with van der Waals surface area (Å²) in [5.74, 6) is -0.833. The molecule has 0 aliphatic heterocycles. The fourth-order valence-corrected chi connectivity index (χ4v) is 3.13. The molecule has 1 aliphatic carbocycles. The molecule has 0 aromatic carbocycles. The zero-order valence-electron chi connectivity index (χ0n) is 10.6. The minimum absolute atomic E-state index is 0.0341. The zero-order valence-corrected chi connectivity index (χ0v) is 11.4. The van der Waals surface area contributed by atoms with Crippen LogP contribution in [0.1, 0.15) is 55.9 Å². The van der Waals surface area contributed by atoms with E-state index < -0.39 is 5.97 Å². The number of aromatic nitrogens is 2. The summed E-state index contributed by atoms with van der Waals surface area (Å²) in [4.78, 5) is 21.8. The topological polar surface area (TPSA) is 92.2 Å². The highest BCUT2D eigenvalue weighted by atomic mass is 32.1. The number of amides is 1. The fraction of sp³-hybridized carbons (Fsp3) is 0.667. The van der Waals surface area contributed by atoms with Crippen molar-refractivity contribution in [3.63, 3.8) is 0 Å². The normalized spacial score (nSPS) is 16.2. The molecule has 7 heteroatoms. The number of carbonyl (C=O) groups is 2. The van der Waals surface area contributed by atoms with Crippen molar-refractivity contribution in [2.45, 2.75) is 50.9 Å². The monoisotopic (exact) mass is 283 g/mol. The molecule has 1 aromatic heterocycles. The summed E-state index contributed by atoms with van der Waals surface area (Å²) in [5, 5.41) is 20.6. The van der Waals surface area contributed by atoms with Gasteiger partial charge in [0, 0.05) is 12.3 Å². The van der Waals surface area contributed by atoms with Crippen molar-refractivity contribution >= 4 is 28.3 Å². The second kappa shape index (κ2) is 6.60. The number of carboxylic acids is 1. The van der Waals surface area contributed by atoms with Gasteiger partial charge in [0.05, 0.1) is 6.42 Å². The first-order valence-corrected chi connectivity index (χ1v) is 7.32. The van der Waals surface area contributed by atoms with Crippen LogP contribution < -0.4 is 5.32 Å². The number of carbonyl (C=O) groups excluding carboxylic acids is 1. The quantitative estimate of drug-likeness (QED) is 0.865. The summed E-state index contributed by atoms with van der Waals surface area (Å²) in [6, 6.07) is 0. The van der Waals surface area contributed by atoms with Crippen LogP contribution in [-0.4, -0.2) is 27.2 Å². The zero-order chi connectivity index (χ0) is 13.7. The highest BCUT2D eigenvalue weighted by Crippen LogP contribution is 2.35. The Kier molecular flexibility index (Phi) is 4.84. The van der Waals surface area contributed by atoms with Crippen molar-refractivity contribution in [1.29, 1.82) is 0 Å². The van der Waals surface area contributed by atoms with E-state index in [0.717, 1.165) is 17.8 Å². The first kappa shape index (κ1) is 13.9. The number of hydrogen-bond acceptors (Lipinski definition) is 5. The summed E-state index contributed by atoms with van der Waals surface area (Å²) in [6.45, 7) is 0. The summed E-state index contributed by atoms with van der Waals surface area (Å²) in [5.41, 5.74) is 0. The van der Waals surface area contributed by atoms with E-state index in [9.17, 15) is 9.59 Å². The van der Waals surface area contributed by atoms with E-state index in [1.54, 1.807) is 0 Å². The lowest BCUT2D eigenvalue weighted by atomic mass is 9.90. The van der Waals surface area contributed by atoms with E-state index in [2.05, 4.69) is 15.5 Å². The number of nitrogens with zero attached hydrogens (tertiary/aromatic N) is 2. The predicted octanol–water partition coefficient (Wildman–Crippen LogP) is 2.39. The van der Waals surface area contributed by atoms with Gasteiger partial charge >= 0.3 is 5.97 Å². The average Bonchev–Trinajstić information content (AvgIpc) is 2.86. The molecule has 0 atom stereocenters. The molecule has 19 heavy (non-hydrogen) atoms. The number of anilines is 1. The highest BCUT2D eigenvalue weighted by Gasteiger charge is 2.20. The average molecular weight is 283 g/mol. The molecule has 0 bridgehead atoms. The number of hydrogen-bond donors (Lipinski definition) is 2. The number of nitrogens with one attached hydrogen (secondary N) is 1. The molecule has 0 saturated heterocycles. The maximum absolute atomic E-state index is 11.5. The first-order chi connectivity index (χ1) is 9.15. The minimum Gasteiger partial charge on any atom is -0.481 e. The predicted molar refractivity (Wildman–Crippen MR) is 71.2 cm³/mol. The Hall–Kier alpha value is -1.50. The number of carboxylic acid groups (broad SMARTS) is 1. The third-order valence-electron chi connectivity index (χ3n) is 3.21. The molecule has 0 spiro atoms. The molecule has 1 saturated carbocycles. The third kappa shape index (κ3) is 4.27. The lowest BCUT2D eigenvalue weighted by Crippen LogP contribution is -2.12. The summed E-state index contributed by atoms with van der Waals surface area (Å²) in [6.07, 6.45) is 5.82. The summed E-state index contributed by atoms with van der Waals surface area (Å²) >= 11 is 1.40. The van der Waals surface area contributed by atoms with Crippen LogP contribution in [0.15, 0.2) is 0 Å². The molecular weight excluding hydrogens is 266 g/mol. The third-order valence-corrected chi connectivity index (χ3v) is 4.21. The molecule has 1 aliphatic rings. The van der Waals surface area contributed by atoms with Crippen LogP contribution in [0.4, 0.5) is 5.13 Å². The van der Waals surface area contributed by atoms with Crippen LogP contribution in [0.5, 0.6) is 0 Å². The van der Waals surface area contributed by atoms with Crippen LogP contribution in [0.25, 0.3) is 0 Å². The molecule has 2 rings (SSSR count). The van der Waals surface area contributed by atoms with Gasteiger partial charge in [0.2, 0.25) is 11.0 Å². The Labute approximate surface area is 115 Å². The van der Waals surface area contributed by atoms with Gasteiger partial charge in [-0.25, -0.2) is 0 Å². The Morgan fingerprint density at radius 3 is 2.63 bits per heavy atom. The van der Waals surface area contributed by atoms with Gasteiger partial charge < -0.3 is 10.4 Å². The van der Waals surface area contributed by atoms with Crippen molar-refractivity contribution in [2.75, 3.05) is 5.32 Å².